The lowest BCUT2D eigenvalue weighted by Crippen LogP contribution is -2.23. The fraction of sp³-hybridized carbons (Fsp3) is 0.182. The Bertz CT molecular complexity index is 526. The molecule has 0 spiro atoms. The average Bonchev–Trinajstić information content (AvgIpc) is 2.64. The van der Waals surface area contributed by atoms with Gasteiger partial charge in [0.05, 0.1) is 6.54 Å². The normalized spacial score (nSPS) is 10.6. The minimum absolute atomic E-state index is 0.00249. The summed E-state index contributed by atoms with van der Waals surface area (Å²) in [5.41, 5.74) is 0. The van der Waals surface area contributed by atoms with Crippen LogP contribution in [0.25, 0.3) is 10.1 Å². The zero-order valence-electron chi connectivity index (χ0n) is 8.30. The van der Waals surface area contributed by atoms with Crippen LogP contribution in [0.2, 0.25) is 0 Å². The van der Waals surface area contributed by atoms with Crippen molar-refractivity contribution < 1.29 is 4.79 Å². The minimum atomic E-state index is -0.147. The Morgan fingerprint density at radius 3 is 2.88 bits per heavy atom. The van der Waals surface area contributed by atoms with Crippen LogP contribution < -0.4 is 5.32 Å². The number of alkyl halides is 1. The number of rotatable bonds is 3. The van der Waals surface area contributed by atoms with Gasteiger partial charge in [0.15, 0.2) is 0 Å². The molecule has 0 unspecified atom stereocenters. The van der Waals surface area contributed by atoms with E-state index in [0.29, 0.717) is 6.54 Å². The van der Waals surface area contributed by atoms with Crippen LogP contribution in [-0.4, -0.2) is 11.8 Å². The molecule has 2 aromatic rings. The Kier molecular flexibility index (Phi) is 3.84. The third kappa shape index (κ3) is 2.39. The maximum Gasteiger partial charge on any atom is 0.235 e. The lowest BCUT2D eigenvalue weighted by molar-refractivity contribution is -0.118. The van der Waals surface area contributed by atoms with E-state index in [2.05, 4.69) is 33.4 Å². The molecule has 84 valence electrons. The smallest absolute Gasteiger partial charge is 0.235 e. The molecule has 1 aromatic carbocycles. The molecular weight excluding hydrogens is 310 g/mol. The Labute approximate surface area is 111 Å². The van der Waals surface area contributed by atoms with Gasteiger partial charge in [-0.1, -0.05) is 18.2 Å². The van der Waals surface area contributed by atoms with Gasteiger partial charge in [-0.25, -0.2) is 0 Å². The van der Waals surface area contributed by atoms with Crippen molar-refractivity contribution in [2.24, 2.45) is 0 Å². The average molecular weight is 319 g/mol. The van der Waals surface area contributed by atoms with E-state index in [1.54, 1.807) is 11.3 Å². The van der Waals surface area contributed by atoms with Crippen molar-refractivity contribution in [2.45, 2.75) is 6.54 Å². The van der Waals surface area contributed by atoms with Crippen LogP contribution in [0.5, 0.6) is 0 Å². The minimum Gasteiger partial charge on any atom is -0.350 e. The van der Waals surface area contributed by atoms with E-state index in [9.17, 15) is 4.79 Å². The van der Waals surface area contributed by atoms with E-state index < -0.39 is 0 Å². The molecule has 2 nitrogen and oxygen atoms in total. The van der Waals surface area contributed by atoms with E-state index in [1.807, 2.05) is 12.1 Å². The first-order chi connectivity index (χ1) is 7.72. The molecule has 1 heterocycles. The van der Waals surface area contributed by atoms with Gasteiger partial charge in [0.1, 0.15) is 5.88 Å². The molecule has 0 atom stereocenters. The molecule has 2 rings (SSSR count). The topological polar surface area (TPSA) is 29.1 Å². The van der Waals surface area contributed by atoms with Crippen LogP contribution in [0, 0.1) is 0 Å². The van der Waals surface area contributed by atoms with Crippen LogP contribution in [0.15, 0.2) is 28.7 Å². The summed E-state index contributed by atoms with van der Waals surface area (Å²) in [7, 11) is 0. The summed E-state index contributed by atoms with van der Waals surface area (Å²) >= 11 is 10.6. The Balaban J connectivity index is 2.24. The molecule has 0 saturated carbocycles. The van der Waals surface area contributed by atoms with Crippen molar-refractivity contribution in [3.05, 3.63) is 33.6 Å². The molecule has 1 N–H and O–H groups in total. The highest BCUT2D eigenvalue weighted by molar-refractivity contribution is 9.10. The zero-order chi connectivity index (χ0) is 11.5. The van der Waals surface area contributed by atoms with Gasteiger partial charge < -0.3 is 5.32 Å². The van der Waals surface area contributed by atoms with Crippen molar-refractivity contribution in [3.8, 4) is 0 Å². The summed E-state index contributed by atoms with van der Waals surface area (Å²) in [5.74, 6) is -0.145. The number of halogens is 2. The van der Waals surface area contributed by atoms with Crippen molar-refractivity contribution >= 4 is 54.9 Å². The quantitative estimate of drug-likeness (QED) is 0.862. The van der Waals surface area contributed by atoms with Gasteiger partial charge >= 0.3 is 0 Å². The number of hydrogen-bond donors (Lipinski definition) is 1. The summed E-state index contributed by atoms with van der Waals surface area (Å²) < 4.78 is 2.27. The number of carbonyl (C=O) groups excluding carboxylic acids is 1. The lowest BCUT2D eigenvalue weighted by Gasteiger charge is -2.00. The molecule has 0 saturated heterocycles. The van der Waals surface area contributed by atoms with Gasteiger partial charge in [-0.15, -0.1) is 22.9 Å². The fourth-order valence-corrected chi connectivity index (χ4v) is 3.39. The summed E-state index contributed by atoms with van der Waals surface area (Å²) in [6.07, 6.45) is 0. The van der Waals surface area contributed by atoms with Crippen molar-refractivity contribution in [2.75, 3.05) is 5.88 Å². The summed E-state index contributed by atoms with van der Waals surface area (Å²) in [5, 5.41) is 3.94. The third-order valence-electron chi connectivity index (χ3n) is 2.17. The van der Waals surface area contributed by atoms with E-state index >= 15 is 0 Å². The van der Waals surface area contributed by atoms with Gasteiger partial charge in [-0.05, 0) is 22.0 Å². The van der Waals surface area contributed by atoms with E-state index in [4.69, 9.17) is 11.6 Å². The van der Waals surface area contributed by atoms with E-state index in [1.165, 1.54) is 10.1 Å². The predicted molar refractivity (Wildman–Crippen MR) is 72.1 cm³/mol. The third-order valence-corrected chi connectivity index (χ3v) is 4.75. The van der Waals surface area contributed by atoms with Gasteiger partial charge in [-0.2, -0.15) is 0 Å². The summed E-state index contributed by atoms with van der Waals surface area (Å²) in [6.45, 7) is 0.519. The highest BCUT2D eigenvalue weighted by Gasteiger charge is 2.09. The number of thiophene rings is 1. The zero-order valence-corrected chi connectivity index (χ0v) is 11.5. The number of carbonyl (C=O) groups is 1. The largest absolute Gasteiger partial charge is 0.350 e. The molecule has 0 aliphatic carbocycles. The lowest BCUT2D eigenvalue weighted by atomic mass is 10.2. The Hall–Kier alpha value is -0.580. The first-order valence-corrected chi connectivity index (χ1v) is 6.85. The van der Waals surface area contributed by atoms with Gasteiger partial charge in [0.25, 0.3) is 0 Å². The second-order valence-corrected chi connectivity index (χ2v) is 5.44. The molecule has 0 aliphatic rings. The summed E-state index contributed by atoms with van der Waals surface area (Å²) in [6, 6.07) is 8.13. The second-order valence-electron chi connectivity index (χ2n) is 3.25. The molecule has 0 aliphatic heterocycles. The van der Waals surface area contributed by atoms with E-state index in [-0.39, 0.29) is 11.8 Å². The van der Waals surface area contributed by atoms with Gasteiger partial charge in [0, 0.05) is 19.4 Å². The maximum atomic E-state index is 11.1. The molecule has 0 radical (unpaired) electrons. The number of fused-ring (bicyclic) bond motifs is 1. The van der Waals surface area contributed by atoms with Gasteiger partial charge in [0.2, 0.25) is 5.91 Å². The highest BCUT2D eigenvalue weighted by atomic mass is 79.9. The number of hydrogen-bond acceptors (Lipinski definition) is 2. The highest BCUT2D eigenvalue weighted by Crippen LogP contribution is 2.35. The first-order valence-electron chi connectivity index (χ1n) is 4.71. The maximum absolute atomic E-state index is 11.1. The molecule has 16 heavy (non-hydrogen) atoms. The standard InChI is InChI=1S/C11H9BrClNOS/c12-11-7-3-1-2-4-8(7)16-9(11)6-14-10(15)5-13/h1-4H,5-6H2,(H,14,15). The summed E-state index contributed by atoms with van der Waals surface area (Å²) in [4.78, 5) is 12.2. The molecule has 0 bridgehead atoms. The molecule has 1 aromatic heterocycles. The van der Waals surface area contributed by atoms with E-state index in [0.717, 1.165) is 9.35 Å². The first kappa shape index (κ1) is 11.9. The fourth-order valence-electron chi connectivity index (χ4n) is 1.40. The number of nitrogens with one attached hydrogen (secondary N) is 1. The molecular formula is C11H9BrClNOS. The molecule has 0 fully saturated rings. The van der Waals surface area contributed by atoms with Crippen molar-refractivity contribution in [3.63, 3.8) is 0 Å². The molecule has 1 amide bonds. The Morgan fingerprint density at radius 1 is 1.44 bits per heavy atom. The SMILES string of the molecule is O=C(CCl)NCc1sc2ccccc2c1Br. The van der Waals surface area contributed by atoms with Crippen LogP contribution >= 0.6 is 38.9 Å². The second kappa shape index (κ2) is 5.17. The van der Waals surface area contributed by atoms with Crippen LogP contribution in [-0.2, 0) is 11.3 Å². The van der Waals surface area contributed by atoms with Crippen molar-refractivity contribution in [1.29, 1.82) is 0 Å². The van der Waals surface area contributed by atoms with Crippen LogP contribution in [0.1, 0.15) is 4.88 Å². The van der Waals surface area contributed by atoms with Crippen LogP contribution in [0.4, 0.5) is 0 Å². The Morgan fingerprint density at radius 2 is 2.19 bits per heavy atom. The van der Waals surface area contributed by atoms with Crippen molar-refractivity contribution in [1.82, 2.24) is 5.32 Å². The van der Waals surface area contributed by atoms with Gasteiger partial charge in [-0.3, -0.25) is 4.79 Å². The number of amides is 1. The monoisotopic (exact) mass is 317 g/mol. The molecule has 5 heteroatoms. The number of benzene rings is 1. The predicted octanol–water partition coefficient (Wildman–Crippen LogP) is 3.52. The van der Waals surface area contributed by atoms with Crippen LogP contribution in [0.3, 0.4) is 0 Å².